The Balaban J connectivity index is 1.63. The highest BCUT2D eigenvalue weighted by Gasteiger charge is 2.21. The van der Waals surface area contributed by atoms with Crippen molar-refractivity contribution in [3.05, 3.63) is 60.2 Å². The molecule has 0 aliphatic heterocycles. The van der Waals surface area contributed by atoms with Crippen molar-refractivity contribution >= 4 is 11.9 Å². The minimum Gasteiger partial charge on any atom is -0.550 e. The maximum atomic E-state index is 12.5. The number of benzene rings is 2. The van der Waals surface area contributed by atoms with Crippen molar-refractivity contribution in [2.75, 3.05) is 0 Å². The van der Waals surface area contributed by atoms with E-state index >= 15 is 0 Å². The second-order valence-corrected chi connectivity index (χ2v) is 7.30. The van der Waals surface area contributed by atoms with E-state index in [2.05, 4.69) is 5.32 Å². The molecule has 1 aliphatic rings. The van der Waals surface area contributed by atoms with Gasteiger partial charge < -0.3 is 24.7 Å². The zero-order valence-electron chi connectivity index (χ0n) is 16.5. The van der Waals surface area contributed by atoms with Crippen LogP contribution in [-0.4, -0.2) is 24.1 Å². The quantitative estimate of drug-likeness (QED) is 0.704. The molecule has 0 aromatic heterocycles. The lowest BCUT2D eigenvalue weighted by molar-refractivity contribution is -0.306. The van der Waals surface area contributed by atoms with Gasteiger partial charge in [0.25, 0.3) is 5.91 Å². The van der Waals surface area contributed by atoms with Gasteiger partial charge in [-0.05, 0) is 62.4 Å². The zero-order chi connectivity index (χ0) is 20.6. The number of ether oxygens (including phenoxy) is 2. The standard InChI is InChI=1S/C23H27NO5/c1-16(28-18-7-3-2-4-8-18)23(27)24-21(15-22(25)26)17-11-13-20(14-12-17)29-19-9-5-6-10-19/h2-4,7-8,11-14,16,19,21H,5-6,9-10,15H2,1H3,(H,24,27)(H,25,26)/p-1/t16-,21+/m1/s1. The molecule has 2 aromatic carbocycles. The molecule has 0 spiro atoms. The van der Waals surface area contributed by atoms with Gasteiger partial charge in [-0.25, -0.2) is 0 Å². The van der Waals surface area contributed by atoms with E-state index in [1.807, 2.05) is 30.3 Å². The first-order valence-electron chi connectivity index (χ1n) is 10.00. The van der Waals surface area contributed by atoms with E-state index < -0.39 is 24.0 Å². The lowest BCUT2D eigenvalue weighted by atomic mass is 10.0. The van der Waals surface area contributed by atoms with Crippen molar-refractivity contribution in [3.63, 3.8) is 0 Å². The highest BCUT2D eigenvalue weighted by Crippen LogP contribution is 2.26. The Bertz CT molecular complexity index is 800. The first-order valence-corrected chi connectivity index (χ1v) is 10.00. The van der Waals surface area contributed by atoms with Gasteiger partial charge in [0.05, 0.1) is 12.1 Å². The number of aliphatic carboxylic acids is 1. The van der Waals surface area contributed by atoms with Gasteiger partial charge in [-0.1, -0.05) is 30.3 Å². The van der Waals surface area contributed by atoms with Crippen LogP contribution in [-0.2, 0) is 9.59 Å². The minimum absolute atomic E-state index is 0.246. The predicted molar refractivity (Wildman–Crippen MR) is 106 cm³/mol. The molecule has 1 aliphatic carbocycles. The normalized spacial score (nSPS) is 16.0. The van der Waals surface area contributed by atoms with Gasteiger partial charge in [0.15, 0.2) is 6.10 Å². The molecule has 1 amide bonds. The molecule has 0 heterocycles. The lowest BCUT2D eigenvalue weighted by Gasteiger charge is -2.23. The van der Waals surface area contributed by atoms with Crippen molar-refractivity contribution < 1.29 is 24.2 Å². The third-order valence-corrected chi connectivity index (χ3v) is 5.00. The van der Waals surface area contributed by atoms with Gasteiger partial charge in [-0.3, -0.25) is 4.79 Å². The number of para-hydroxylation sites is 1. The SMILES string of the molecule is C[C@@H](Oc1ccccc1)C(=O)N[C@@H](CC(=O)[O-])c1ccc(OC2CCCC2)cc1. The molecule has 1 fully saturated rings. The number of carbonyl (C=O) groups is 2. The summed E-state index contributed by atoms with van der Waals surface area (Å²) in [4.78, 5) is 23.7. The number of nitrogens with one attached hydrogen (secondary N) is 1. The molecule has 2 aromatic rings. The van der Waals surface area contributed by atoms with E-state index in [0.29, 0.717) is 11.3 Å². The summed E-state index contributed by atoms with van der Waals surface area (Å²) in [6.07, 6.45) is 3.64. The Morgan fingerprint density at radius 1 is 1.03 bits per heavy atom. The van der Waals surface area contributed by atoms with E-state index in [-0.39, 0.29) is 12.5 Å². The van der Waals surface area contributed by atoms with Crippen LogP contribution in [0.2, 0.25) is 0 Å². The molecule has 1 N–H and O–H groups in total. The van der Waals surface area contributed by atoms with Gasteiger partial charge >= 0.3 is 0 Å². The molecule has 154 valence electrons. The molecule has 6 heteroatoms. The zero-order valence-corrected chi connectivity index (χ0v) is 16.5. The molecule has 3 rings (SSSR count). The molecule has 6 nitrogen and oxygen atoms in total. The third-order valence-electron chi connectivity index (χ3n) is 5.00. The van der Waals surface area contributed by atoms with Crippen molar-refractivity contribution in [1.82, 2.24) is 5.32 Å². The molecule has 2 atom stereocenters. The molecule has 29 heavy (non-hydrogen) atoms. The second kappa shape index (κ2) is 9.96. The van der Waals surface area contributed by atoms with Crippen LogP contribution in [0.5, 0.6) is 11.5 Å². The third kappa shape index (κ3) is 6.24. The Hall–Kier alpha value is -3.02. The van der Waals surface area contributed by atoms with Crippen LogP contribution in [0.1, 0.15) is 50.6 Å². The number of amides is 1. The predicted octanol–water partition coefficient (Wildman–Crippen LogP) is 2.77. The fourth-order valence-electron chi connectivity index (χ4n) is 3.44. The number of hydrogen-bond donors (Lipinski definition) is 1. The average Bonchev–Trinajstić information content (AvgIpc) is 3.21. The van der Waals surface area contributed by atoms with Crippen LogP contribution in [0, 0.1) is 0 Å². The maximum Gasteiger partial charge on any atom is 0.261 e. The topological polar surface area (TPSA) is 87.7 Å². The number of carbonyl (C=O) groups excluding carboxylic acids is 2. The van der Waals surface area contributed by atoms with E-state index in [1.165, 1.54) is 12.8 Å². The summed E-state index contributed by atoms with van der Waals surface area (Å²) in [5.41, 5.74) is 0.674. The molecular weight excluding hydrogens is 370 g/mol. The van der Waals surface area contributed by atoms with Crippen molar-refractivity contribution in [3.8, 4) is 11.5 Å². The van der Waals surface area contributed by atoms with Crippen LogP contribution in [0.15, 0.2) is 54.6 Å². The Morgan fingerprint density at radius 3 is 2.31 bits per heavy atom. The first kappa shape index (κ1) is 20.7. The molecule has 0 bridgehead atoms. The molecule has 0 radical (unpaired) electrons. The number of carboxylic acids is 1. The van der Waals surface area contributed by atoms with Crippen LogP contribution >= 0.6 is 0 Å². The summed E-state index contributed by atoms with van der Waals surface area (Å²) in [5, 5.41) is 14.0. The average molecular weight is 396 g/mol. The molecule has 0 unspecified atom stereocenters. The Labute approximate surface area is 170 Å². The van der Waals surface area contributed by atoms with Crippen molar-refractivity contribution in [2.45, 2.75) is 57.3 Å². The second-order valence-electron chi connectivity index (χ2n) is 7.30. The number of rotatable bonds is 9. The first-order chi connectivity index (χ1) is 14.0. The van der Waals surface area contributed by atoms with E-state index in [4.69, 9.17) is 9.47 Å². The van der Waals surface area contributed by atoms with Gasteiger partial charge in [0.2, 0.25) is 0 Å². The van der Waals surface area contributed by atoms with Gasteiger partial charge in [0.1, 0.15) is 11.5 Å². The fraction of sp³-hybridized carbons (Fsp3) is 0.391. The van der Waals surface area contributed by atoms with Crippen molar-refractivity contribution in [2.24, 2.45) is 0 Å². The molecule has 0 saturated heterocycles. The van der Waals surface area contributed by atoms with Gasteiger partial charge in [-0.15, -0.1) is 0 Å². The van der Waals surface area contributed by atoms with Gasteiger partial charge in [0, 0.05) is 12.4 Å². The molecular formula is C23H26NO5-. The number of hydrogen-bond acceptors (Lipinski definition) is 5. The molecule has 1 saturated carbocycles. The fourth-order valence-corrected chi connectivity index (χ4v) is 3.44. The van der Waals surface area contributed by atoms with Crippen LogP contribution in [0.4, 0.5) is 0 Å². The summed E-state index contributed by atoms with van der Waals surface area (Å²) in [6, 6.07) is 15.5. The van der Waals surface area contributed by atoms with Crippen LogP contribution in [0.3, 0.4) is 0 Å². The minimum atomic E-state index is -1.24. The smallest absolute Gasteiger partial charge is 0.261 e. The summed E-state index contributed by atoms with van der Waals surface area (Å²) in [7, 11) is 0. The summed E-state index contributed by atoms with van der Waals surface area (Å²) in [5.74, 6) is -0.315. The van der Waals surface area contributed by atoms with Crippen molar-refractivity contribution in [1.29, 1.82) is 0 Å². The highest BCUT2D eigenvalue weighted by molar-refractivity contribution is 5.81. The Morgan fingerprint density at radius 2 is 1.69 bits per heavy atom. The van der Waals surface area contributed by atoms with Crippen LogP contribution < -0.4 is 19.9 Å². The van der Waals surface area contributed by atoms with Gasteiger partial charge in [-0.2, -0.15) is 0 Å². The maximum absolute atomic E-state index is 12.5. The lowest BCUT2D eigenvalue weighted by Crippen LogP contribution is -2.40. The highest BCUT2D eigenvalue weighted by atomic mass is 16.5. The monoisotopic (exact) mass is 396 g/mol. The van der Waals surface area contributed by atoms with E-state index in [9.17, 15) is 14.7 Å². The Kier molecular flexibility index (Phi) is 7.11. The largest absolute Gasteiger partial charge is 0.550 e. The van der Waals surface area contributed by atoms with E-state index in [1.54, 1.807) is 31.2 Å². The summed E-state index contributed by atoms with van der Waals surface area (Å²) < 4.78 is 11.6. The summed E-state index contributed by atoms with van der Waals surface area (Å²) in [6.45, 7) is 1.62. The number of carboxylic acid groups (broad SMARTS) is 1. The van der Waals surface area contributed by atoms with E-state index in [0.717, 1.165) is 18.6 Å². The summed E-state index contributed by atoms with van der Waals surface area (Å²) >= 11 is 0. The van der Waals surface area contributed by atoms with Crippen LogP contribution in [0.25, 0.3) is 0 Å².